The van der Waals surface area contributed by atoms with Crippen LogP contribution in [0.2, 0.25) is 15.2 Å². The lowest BCUT2D eigenvalue weighted by atomic mass is 10.1. The maximum Gasteiger partial charge on any atom is 0.164 e. The molecular formula is C15H8Cl3FN2. The summed E-state index contributed by atoms with van der Waals surface area (Å²) in [4.78, 5) is 8.55. The first kappa shape index (κ1) is 14.5. The summed E-state index contributed by atoms with van der Waals surface area (Å²) in [6.07, 6.45) is 0. The van der Waals surface area contributed by atoms with E-state index in [4.69, 9.17) is 34.8 Å². The molecule has 1 aromatic heterocycles. The topological polar surface area (TPSA) is 25.8 Å². The highest BCUT2D eigenvalue weighted by Gasteiger charge is 2.15. The fourth-order valence-electron chi connectivity index (χ4n) is 2.07. The van der Waals surface area contributed by atoms with Gasteiger partial charge in [0.05, 0.1) is 16.1 Å². The van der Waals surface area contributed by atoms with Crippen LogP contribution in [0.3, 0.4) is 0 Å². The molecule has 1 heterocycles. The average Bonchev–Trinajstić information content (AvgIpc) is 2.46. The largest absolute Gasteiger partial charge is 0.227 e. The van der Waals surface area contributed by atoms with Gasteiger partial charge in [-0.05, 0) is 36.8 Å². The number of hydrogen-bond acceptors (Lipinski definition) is 2. The van der Waals surface area contributed by atoms with E-state index in [9.17, 15) is 4.39 Å². The molecule has 0 aliphatic rings. The predicted molar refractivity (Wildman–Crippen MR) is 84.7 cm³/mol. The van der Waals surface area contributed by atoms with Gasteiger partial charge in [0, 0.05) is 10.4 Å². The SMILES string of the molecule is Cc1c(Cl)ccc2c(Cl)nc(-c3cccc(Cl)c3F)nc12. The minimum absolute atomic E-state index is 0.00938. The molecule has 0 bridgehead atoms. The Hall–Kier alpha value is -1.42. The zero-order chi connectivity index (χ0) is 15.1. The van der Waals surface area contributed by atoms with Crippen molar-refractivity contribution in [3.8, 4) is 11.4 Å². The van der Waals surface area contributed by atoms with Gasteiger partial charge in [-0.25, -0.2) is 14.4 Å². The van der Waals surface area contributed by atoms with E-state index in [1.54, 1.807) is 24.3 Å². The maximum absolute atomic E-state index is 14.1. The first-order chi connectivity index (χ1) is 9.99. The molecule has 3 rings (SSSR count). The van der Waals surface area contributed by atoms with Crippen molar-refractivity contribution < 1.29 is 4.39 Å². The second-order valence-electron chi connectivity index (χ2n) is 4.51. The lowest BCUT2D eigenvalue weighted by Gasteiger charge is -2.09. The number of aryl methyl sites for hydroxylation is 1. The van der Waals surface area contributed by atoms with Crippen LogP contribution in [0.5, 0.6) is 0 Å². The summed E-state index contributed by atoms with van der Waals surface area (Å²) in [7, 11) is 0. The molecule has 0 atom stereocenters. The molecule has 106 valence electrons. The Labute approximate surface area is 135 Å². The summed E-state index contributed by atoms with van der Waals surface area (Å²) >= 11 is 18.1. The predicted octanol–water partition coefficient (Wildman–Crippen LogP) is 5.70. The minimum Gasteiger partial charge on any atom is -0.227 e. The van der Waals surface area contributed by atoms with Gasteiger partial charge < -0.3 is 0 Å². The summed E-state index contributed by atoms with van der Waals surface area (Å²) in [5.41, 5.74) is 1.56. The van der Waals surface area contributed by atoms with Crippen LogP contribution in [0.15, 0.2) is 30.3 Å². The normalized spacial score (nSPS) is 11.1. The molecule has 6 heteroatoms. The summed E-state index contributed by atoms with van der Waals surface area (Å²) < 4.78 is 14.1. The van der Waals surface area contributed by atoms with Gasteiger partial charge in [-0.1, -0.05) is 40.9 Å². The van der Waals surface area contributed by atoms with E-state index >= 15 is 0 Å². The van der Waals surface area contributed by atoms with Crippen molar-refractivity contribution >= 4 is 45.7 Å². The van der Waals surface area contributed by atoms with Gasteiger partial charge in [0.2, 0.25) is 0 Å². The Morgan fingerprint density at radius 1 is 0.952 bits per heavy atom. The molecule has 0 aliphatic heterocycles. The third kappa shape index (κ3) is 2.46. The Balaban J connectivity index is 2.35. The first-order valence-electron chi connectivity index (χ1n) is 6.06. The van der Waals surface area contributed by atoms with Crippen LogP contribution in [-0.2, 0) is 0 Å². The van der Waals surface area contributed by atoms with Gasteiger partial charge in [-0.15, -0.1) is 0 Å². The molecule has 0 N–H and O–H groups in total. The van der Waals surface area contributed by atoms with Crippen molar-refractivity contribution in [2.75, 3.05) is 0 Å². The van der Waals surface area contributed by atoms with Gasteiger partial charge in [0.1, 0.15) is 5.15 Å². The van der Waals surface area contributed by atoms with Gasteiger partial charge in [-0.2, -0.15) is 0 Å². The molecule has 2 nitrogen and oxygen atoms in total. The molecule has 0 amide bonds. The standard InChI is InChI=1S/C15H8Cl3FN2/c1-7-10(16)6-5-9-13(7)20-15(21-14(9)18)8-3-2-4-11(17)12(8)19/h2-6H,1H3. The summed E-state index contributed by atoms with van der Waals surface area (Å²) in [5, 5.41) is 1.49. The van der Waals surface area contributed by atoms with Crippen LogP contribution in [-0.4, -0.2) is 9.97 Å². The van der Waals surface area contributed by atoms with Gasteiger partial charge >= 0.3 is 0 Å². The molecule has 0 unspecified atom stereocenters. The molecule has 0 saturated heterocycles. The smallest absolute Gasteiger partial charge is 0.164 e. The van der Waals surface area contributed by atoms with Crippen molar-refractivity contribution in [3.63, 3.8) is 0 Å². The molecule has 0 fully saturated rings. The molecular weight excluding hydrogens is 334 g/mol. The van der Waals surface area contributed by atoms with Crippen LogP contribution in [0.1, 0.15) is 5.56 Å². The van der Waals surface area contributed by atoms with Crippen molar-refractivity contribution in [1.29, 1.82) is 0 Å². The fraction of sp³-hybridized carbons (Fsp3) is 0.0667. The van der Waals surface area contributed by atoms with Crippen LogP contribution in [0, 0.1) is 12.7 Å². The van der Waals surface area contributed by atoms with E-state index in [-0.39, 0.29) is 21.6 Å². The molecule has 21 heavy (non-hydrogen) atoms. The molecule has 0 aliphatic carbocycles. The number of aromatic nitrogens is 2. The molecule has 2 aromatic carbocycles. The Kier molecular flexibility index (Phi) is 3.74. The third-order valence-corrected chi connectivity index (χ3v) is 4.19. The van der Waals surface area contributed by atoms with Crippen molar-refractivity contribution in [2.45, 2.75) is 6.92 Å². The second kappa shape index (κ2) is 5.41. The van der Waals surface area contributed by atoms with Crippen molar-refractivity contribution in [3.05, 3.63) is 56.9 Å². The van der Waals surface area contributed by atoms with Crippen LogP contribution in [0.4, 0.5) is 4.39 Å². The van der Waals surface area contributed by atoms with E-state index in [1.807, 2.05) is 6.92 Å². The Morgan fingerprint density at radius 3 is 2.48 bits per heavy atom. The number of rotatable bonds is 1. The number of benzene rings is 2. The maximum atomic E-state index is 14.1. The number of nitrogens with zero attached hydrogens (tertiary/aromatic N) is 2. The number of fused-ring (bicyclic) bond motifs is 1. The summed E-state index contributed by atoms with van der Waals surface area (Å²) in [6, 6.07) is 8.12. The minimum atomic E-state index is -0.575. The van der Waals surface area contributed by atoms with E-state index in [0.717, 1.165) is 5.56 Å². The quantitative estimate of drug-likeness (QED) is 0.530. The van der Waals surface area contributed by atoms with Crippen molar-refractivity contribution in [1.82, 2.24) is 9.97 Å². The van der Waals surface area contributed by atoms with Crippen LogP contribution >= 0.6 is 34.8 Å². The lowest BCUT2D eigenvalue weighted by Crippen LogP contribution is -1.96. The lowest BCUT2D eigenvalue weighted by molar-refractivity contribution is 0.630. The third-order valence-electron chi connectivity index (χ3n) is 3.20. The zero-order valence-electron chi connectivity index (χ0n) is 10.8. The van der Waals surface area contributed by atoms with Gasteiger partial charge in [-0.3, -0.25) is 0 Å². The zero-order valence-corrected chi connectivity index (χ0v) is 13.1. The molecule has 0 radical (unpaired) electrons. The average molecular weight is 342 g/mol. The summed E-state index contributed by atoms with van der Waals surface area (Å²) in [6.45, 7) is 1.83. The fourth-order valence-corrected chi connectivity index (χ4v) is 2.63. The molecule has 0 spiro atoms. The van der Waals surface area contributed by atoms with Crippen molar-refractivity contribution in [2.24, 2.45) is 0 Å². The first-order valence-corrected chi connectivity index (χ1v) is 7.19. The van der Waals surface area contributed by atoms with E-state index < -0.39 is 5.82 Å². The Morgan fingerprint density at radius 2 is 1.71 bits per heavy atom. The highest BCUT2D eigenvalue weighted by Crippen LogP contribution is 2.32. The Bertz CT molecular complexity index is 865. The van der Waals surface area contributed by atoms with Crippen LogP contribution < -0.4 is 0 Å². The number of hydrogen-bond donors (Lipinski definition) is 0. The monoisotopic (exact) mass is 340 g/mol. The van der Waals surface area contributed by atoms with Crippen LogP contribution in [0.25, 0.3) is 22.3 Å². The highest BCUT2D eigenvalue weighted by molar-refractivity contribution is 6.35. The second-order valence-corrected chi connectivity index (χ2v) is 5.68. The van der Waals surface area contributed by atoms with E-state index in [1.165, 1.54) is 6.07 Å². The van der Waals surface area contributed by atoms with Gasteiger partial charge in [0.25, 0.3) is 0 Å². The molecule has 3 aromatic rings. The summed E-state index contributed by atoms with van der Waals surface area (Å²) in [5.74, 6) is -0.396. The number of halogens is 4. The van der Waals surface area contributed by atoms with Gasteiger partial charge in [0.15, 0.2) is 11.6 Å². The molecule has 0 saturated carbocycles. The van der Waals surface area contributed by atoms with E-state index in [0.29, 0.717) is 15.9 Å². The highest BCUT2D eigenvalue weighted by atomic mass is 35.5. The van der Waals surface area contributed by atoms with E-state index in [2.05, 4.69) is 9.97 Å².